The summed E-state index contributed by atoms with van der Waals surface area (Å²) in [6, 6.07) is 6.14. The van der Waals surface area contributed by atoms with Gasteiger partial charge in [-0.1, -0.05) is 30.7 Å². The van der Waals surface area contributed by atoms with Crippen LogP contribution in [-0.4, -0.2) is 16.2 Å². The van der Waals surface area contributed by atoms with E-state index in [0.717, 1.165) is 0 Å². The third-order valence-corrected chi connectivity index (χ3v) is 2.44. The summed E-state index contributed by atoms with van der Waals surface area (Å²) in [5, 5.41) is 19.2. The number of hydrogen-bond acceptors (Lipinski definition) is 2. The number of benzene rings is 1. The first-order chi connectivity index (χ1) is 6.50. The van der Waals surface area contributed by atoms with Gasteiger partial charge in [-0.15, -0.1) is 0 Å². The molecule has 0 fully saturated rings. The molecule has 76 valence electrons. The summed E-state index contributed by atoms with van der Waals surface area (Å²) >= 11 is 5.66. The summed E-state index contributed by atoms with van der Waals surface area (Å²) in [5.74, 6) is -1.25. The first-order valence-corrected chi connectivity index (χ1v) is 4.60. The summed E-state index contributed by atoms with van der Waals surface area (Å²) in [6.07, 6.45) is 0.115. The van der Waals surface area contributed by atoms with Gasteiger partial charge in [0, 0.05) is 5.02 Å². The number of rotatable bonds is 3. The van der Waals surface area contributed by atoms with Gasteiger partial charge in [0.15, 0.2) is 5.60 Å². The molecule has 4 heteroatoms. The van der Waals surface area contributed by atoms with E-state index in [-0.39, 0.29) is 6.42 Å². The minimum Gasteiger partial charge on any atom is -0.479 e. The second-order valence-corrected chi connectivity index (χ2v) is 3.46. The molecule has 14 heavy (non-hydrogen) atoms. The molecule has 1 aromatic rings. The molecule has 0 aliphatic heterocycles. The van der Waals surface area contributed by atoms with Gasteiger partial charge in [-0.3, -0.25) is 0 Å². The fraction of sp³-hybridized carbons (Fsp3) is 0.300. The van der Waals surface area contributed by atoms with Gasteiger partial charge >= 0.3 is 5.97 Å². The Morgan fingerprint density at radius 1 is 1.43 bits per heavy atom. The molecular formula is C10H11ClO3. The van der Waals surface area contributed by atoms with Gasteiger partial charge in [-0.05, 0) is 24.1 Å². The zero-order chi connectivity index (χ0) is 10.8. The molecule has 0 heterocycles. The van der Waals surface area contributed by atoms with E-state index in [2.05, 4.69) is 0 Å². The predicted octanol–water partition coefficient (Wildman–Crippen LogP) is 2.02. The van der Waals surface area contributed by atoms with Gasteiger partial charge in [-0.25, -0.2) is 4.79 Å². The molecule has 0 amide bonds. The number of carboxylic acids is 1. The molecule has 1 atom stereocenters. The van der Waals surface area contributed by atoms with E-state index in [4.69, 9.17) is 16.7 Å². The van der Waals surface area contributed by atoms with E-state index in [1.165, 1.54) is 12.1 Å². The van der Waals surface area contributed by atoms with Crippen molar-refractivity contribution in [1.29, 1.82) is 0 Å². The normalized spacial score (nSPS) is 14.8. The highest BCUT2D eigenvalue weighted by Crippen LogP contribution is 2.26. The highest BCUT2D eigenvalue weighted by atomic mass is 35.5. The smallest absolute Gasteiger partial charge is 0.340 e. The van der Waals surface area contributed by atoms with E-state index in [1.54, 1.807) is 19.1 Å². The second kappa shape index (κ2) is 3.98. The topological polar surface area (TPSA) is 57.5 Å². The molecule has 3 nitrogen and oxygen atoms in total. The standard InChI is InChI=1S/C10H11ClO3/c1-2-10(14,9(12)13)7-3-5-8(11)6-4-7/h3-6,14H,2H2,1H3,(H,12,13)/t10-/m1/s1. The quantitative estimate of drug-likeness (QED) is 0.810. The first kappa shape index (κ1) is 11.0. The molecule has 0 unspecified atom stereocenters. The SMILES string of the molecule is CC[C@](O)(C(=O)O)c1ccc(Cl)cc1. The lowest BCUT2D eigenvalue weighted by molar-refractivity contribution is -0.160. The van der Waals surface area contributed by atoms with Crippen molar-refractivity contribution in [3.05, 3.63) is 34.9 Å². The fourth-order valence-corrected chi connectivity index (χ4v) is 1.33. The lowest BCUT2D eigenvalue weighted by Crippen LogP contribution is -2.34. The summed E-state index contributed by atoms with van der Waals surface area (Å²) in [7, 11) is 0. The maximum atomic E-state index is 10.9. The van der Waals surface area contributed by atoms with Gasteiger partial charge in [0.1, 0.15) is 0 Å². The molecule has 0 bridgehead atoms. The predicted molar refractivity (Wildman–Crippen MR) is 53.3 cm³/mol. The lowest BCUT2D eigenvalue weighted by atomic mass is 9.91. The van der Waals surface area contributed by atoms with Gasteiger partial charge < -0.3 is 10.2 Å². The van der Waals surface area contributed by atoms with Crippen molar-refractivity contribution in [2.24, 2.45) is 0 Å². The highest BCUT2D eigenvalue weighted by molar-refractivity contribution is 6.30. The summed E-state index contributed by atoms with van der Waals surface area (Å²) < 4.78 is 0. The zero-order valence-electron chi connectivity index (χ0n) is 7.70. The molecule has 0 saturated heterocycles. The lowest BCUT2D eigenvalue weighted by Gasteiger charge is -2.21. The molecule has 1 rings (SSSR count). The summed E-state index contributed by atoms with van der Waals surface area (Å²) in [6.45, 7) is 1.61. The van der Waals surface area contributed by atoms with Crippen LogP contribution in [0.5, 0.6) is 0 Å². The molecular weight excluding hydrogens is 204 g/mol. The average Bonchev–Trinajstić information content (AvgIpc) is 2.17. The Kier molecular flexibility index (Phi) is 3.13. The molecule has 1 aromatic carbocycles. The third-order valence-electron chi connectivity index (χ3n) is 2.19. The minimum atomic E-state index is -1.81. The van der Waals surface area contributed by atoms with E-state index >= 15 is 0 Å². The van der Waals surface area contributed by atoms with E-state index in [0.29, 0.717) is 10.6 Å². The maximum absolute atomic E-state index is 10.9. The second-order valence-electron chi connectivity index (χ2n) is 3.03. The summed E-state index contributed by atoms with van der Waals surface area (Å²) in [4.78, 5) is 10.9. The van der Waals surface area contributed by atoms with Crippen molar-refractivity contribution >= 4 is 17.6 Å². The molecule has 0 radical (unpaired) electrons. The van der Waals surface area contributed by atoms with Crippen molar-refractivity contribution in [3.63, 3.8) is 0 Å². The van der Waals surface area contributed by atoms with Crippen molar-refractivity contribution in [1.82, 2.24) is 0 Å². The Morgan fingerprint density at radius 2 is 1.93 bits per heavy atom. The number of aliphatic hydroxyl groups is 1. The van der Waals surface area contributed by atoms with Gasteiger partial charge in [-0.2, -0.15) is 0 Å². The molecule has 0 aliphatic carbocycles. The third kappa shape index (κ3) is 1.89. The van der Waals surface area contributed by atoms with Crippen molar-refractivity contribution in [2.45, 2.75) is 18.9 Å². The monoisotopic (exact) mass is 214 g/mol. The maximum Gasteiger partial charge on any atom is 0.340 e. The van der Waals surface area contributed by atoms with Crippen molar-refractivity contribution in [2.75, 3.05) is 0 Å². The van der Waals surface area contributed by atoms with Crippen LogP contribution in [0.3, 0.4) is 0 Å². The zero-order valence-corrected chi connectivity index (χ0v) is 8.45. The van der Waals surface area contributed by atoms with Crippen LogP contribution in [0, 0.1) is 0 Å². The molecule has 2 N–H and O–H groups in total. The number of carbonyl (C=O) groups is 1. The van der Waals surface area contributed by atoms with Crippen molar-refractivity contribution < 1.29 is 15.0 Å². The van der Waals surface area contributed by atoms with Crippen molar-refractivity contribution in [3.8, 4) is 0 Å². The fourth-order valence-electron chi connectivity index (χ4n) is 1.20. The molecule has 0 aromatic heterocycles. The number of aliphatic carboxylic acids is 1. The molecule has 0 spiro atoms. The molecule has 0 aliphatic rings. The van der Waals surface area contributed by atoms with Crippen LogP contribution in [0.25, 0.3) is 0 Å². The molecule has 0 saturated carbocycles. The largest absolute Gasteiger partial charge is 0.479 e. The Hall–Kier alpha value is -1.06. The van der Waals surface area contributed by atoms with Gasteiger partial charge in [0.25, 0.3) is 0 Å². The summed E-state index contributed by atoms with van der Waals surface area (Å²) in [5.41, 5.74) is -1.47. The number of carboxylic acid groups (broad SMARTS) is 1. The van der Waals surface area contributed by atoms with Gasteiger partial charge in [0.05, 0.1) is 0 Å². The Balaban J connectivity index is 3.13. The Bertz CT molecular complexity index is 334. The van der Waals surface area contributed by atoms with Crippen LogP contribution in [0.4, 0.5) is 0 Å². The highest BCUT2D eigenvalue weighted by Gasteiger charge is 2.35. The Morgan fingerprint density at radius 3 is 2.29 bits per heavy atom. The van der Waals surface area contributed by atoms with Crippen LogP contribution >= 0.6 is 11.6 Å². The van der Waals surface area contributed by atoms with E-state index < -0.39 is 11.6 Å². The van der Waals surface area contributed by atoms with Crippen LogP contribution in [-0.2, 0) is 10.4 Å². The van der Waals surface area contributed by atoms with Gasteiger partial charge in [0.2, 0.25) is 0 Å². The van der Waals surface area contributed by atoms with E-state index in [1.807, 2.05) is 0 Å². The van der Waals surface area contributed by atoms with E-state index in [9.17, 15) is 9.90 Å². The van der Waals surface area contributed by atoms with Crippen LogP contribution < -0.4 is 0 Å². The number of halogens is 1. The Labute approximate surface area is 86.9 Å². The minimum absolute atomic E-state index is 0.115. The average molecular weight is 215 g/mol. The number of hydrogen-bond donors (Lipinski definition) is 2. The first-order valence-electron chi connectivity index (χ1n) is 4.22. The van der Waals surface area contributed by atoms with Crippen LogP contribution in [0.1, 0.15) is 18.9 Å². The van der Waals surface area contributed by atoms with Crippen LogP contribution in [0.15, 0.2) is 24.3 Å². The van der Waals surface area contributed by atoms with Crippen LogP contribution in [0.2, 0.25) is 5.02 Å².